The molecule has 5 saturated heterocycles. The second kappa shape index (κ2) is 34.8. The number of carbonyl (C=O) groups is 2. The van der Waals surface area contributed by atoms with Crippen molar-refractivity contribution in [2.75, 3.05) is 26.4 Å². The molecule has 0 spiro atoms. The van der Waals surface area contributed by atoms with Gasteiger partial charge in [-0.3, -0.25) is 13.8 Å². The average molecular weight is 1310 g/mol. The summed E-state index contributed by atoms with van der Waals surface area (Å²) in [6, 6.07) is 0. The van der Waals surface area contributed by atoms with Crippen molar-refractivity contribution >= 4 is 19.9 Å². The predicted octanol–water partition coefficient (Wildman–Crippen LogP) is 3.40. The Bertz CT molecular complexity index is 2450. The van der Waals surface area contributed by atoms with Crippen LogP contribution in [0.25, 0.3) is 0 Å². The highest BCUT2D eigenvalue weighted by atomic mass is 31.2. The second-order valence-electron chi connectivity index (χ2n) is 26.1. The molecule has 0 amide bonds. The lowest BCUT2D eigenvalue weighted by molar-refractivity contribution is -0.380. The van der Waals surface area contributed by atoms with E-state index in [1.165, 1.54) is 51.3 Å². The predicted molar refractivity (Wildman–Crippen MR) is 323 cm³/mol. The van der Waals surface area contributed by atoms with E-state index < -0.39 is 192 Å². The Labute approximate surface area is 529 Å². The number of aliphatic hydroxyl groups is 10. The normalized spacial score (nSPS) is 40.0. The summed E-state index contributed by atoms with van der Waals surface area (Å²) in [6.45, 7) is 25.2. The van der Waals surface area contributed by atoms with E-state index in [4.69, 9.17) is 56.4 Å². The molecule has 11 N–H and O–H groups in total. The molecule has 5 rings (SSSR count). The number of Topliss-reactive ketones (excluding diaryl/α,β-unsaturated/α-hetero) is 1. The molecule has 27 heteroatoms. The van der Waals surface area contributed by atoms with Crippen LogP contribution in [0.15, 0.2) is 59.3 Å². The van der Waals surface area contributed by atoms with Crippen molar-refractivity contribution in [3.63, 3.8) is 0 Å². The lowest BCUT2D eigenvalue weighted by atomic mass is 9.79. The van der Waals surface area contributed by atoms with Gasteiger partial charge in [-0.05, 0) is 113 Å². The number of ether oxygens (including phenoxy) is 10. The van der Waals surface area contributed by atoms with E-state index in [0.29, 0.717) is 6.29 Å². The standard InChI is InChI=1S/C63H105O26P/c1-32(2)18-17-20-33(3)21-22-35(5)23-26-62(12,13)25-16-15-19-34(4)24-27-78-36(6)30-80-90(76,77)89-61-55(42(28-64)63(14,75)41(11)82-61)87-58-38(8)46(68)56(44(84-58)31-79-59-51(73)48(70)47(69)43(29-65)83-59)88-57-37(7)45(67)54(40(10)81-57)86-60-52(74)49(71)50(72)53(85-60)39(9)66/h16,18,21,24-25,28,36-38,40-61,65,67-75H,5,15,17,19-20,22-23,26-27,29-31H2,1-4,6-14H3,(H,76,77)/b25-16+,33-21+,34-24-/t36-,37?,38?,40?,41?,42?,43?,44?,45?,46?,47?,48?,49?,50?,51?,52?,53?,54?,55?,56?,57?,58?,59?,60?,61?,63?/m0/s1. The van der Waals surface area contributed by atoms with Gasteiger partial charge in [-0.2, -0.15) is 0 Å². The lowest BCUT2D eigenvalue weighted by Gasteiger charge is -2.51. The van der Waals surface area contributed by atoms with Gasteiger partial charge in [0.1, 0.15) is 79.5 Å². The number of allylic oxidation sites excluding steroid dienone is 8. The first-order valence-electron chi connectivity index (χ1n) is 31.2. The summed E-state index contributed by atoms with van der Waals surface area (Å²) in [5.41, 5.74) is 2.98. The molecular formula is C63H105O26P. The minimum Gasteiger partial charge on any atom is -0.394 e. The molecular weight excluding hydrogens is 1200 g/mol. The highest BCUT2D eigenvalue weighted by Crippen LogP contribution is 2.50. The van der Waals surface area contributed by atoms with Gasteiger partial charge in [-0.25, -0.2) is 4.57 Å². The van der Waals surface area contributed by atoms with Crippen molar-refractivity contribution in [2.24, 2.45) is 23.2 Å². The molecule has 0 bridgehead atoms. The summed E-state index contributed by atoms with van der Waals surface area (Å²) in [4.78, 5) is 36.4. The largest absolute Gasteiger partial charge is 0.474 e. The Balaban J connectivity index is 1.24. The third-order valence-corrected chi connectivity index (χ3v) is 18.5. The van der Waals surface area contributed by atoms with Gasteiger partial charge < -0.3 is 108 Å². The Kier molecular flexibility index (Phi) is 30.2. The molecule has 0 saturated carbocycles. The molecule has 5 aliphatic heterocycles. The van der Waals surface area contributed by atoms with E-state index in [1.54, 1.807) is 6.92 Å². The highest BCUT2D eigenvalue weighted by Gasteiger charge is 2.58. The number of phosphoric acid groups is 1. The molecule has 518 valence electrons. The minimum atomic E-state index is -5.12. The van der Waals surface area contributed by atoms with Gasteiger partial charge in [-0.1, -0.05) is 86.9 Å². The summed E-state index contributed by atoms with van der Waals surface area (Å²) in [7, 11) is -5.12. The third-order valence-electron chi connectivity index (χ3n) is 17.6. The third kappa shape index (κ3) is 21.4. The number of phosphoric ester groups is 1. The lowest BCUT2D eigenvalue weighted by Crippen LogP contribution is -2.65. The monoisotopic (exact) mass is 1310 g/mol. The van der Waals surface area contributed by atoms with Crippen LogP contribution < -0.4 is 0 Å². The number of rotatable bonds is 32. The van der Waals surface area contributed by atoms with E-state index in [1.807, 2.05) is 13.0 Å². The van der Waals surface area contributed by atoms with Gasteiger partial charge in [0.15, 0.2) is 37.2 Å². The fourth-order valence-electron chi connectivity index (χ4n) is 11.1. The zero-order valence-electron chi connectivity index (χ0n) is 54.4. The van der Waals surface area contributed by atoms with Crippen LogP contribution >= 0.6 is 7.82 Å². The van der Waals surface area contributed by atoms with Gasteiger partial charge in [0.05, 0.1) is 68.5 Å². The molecule has 0 aromatic heterocycles. The van der Waals surface area contributed by atoms with Crippen LogP contribution in [0.2, 0.25) is 0 Å². The molecule has 27 atom stereocenters. The van der Waals surface area contributed by atoms with E-state index in [9.17, 15) is 70.1 Å². The van der Waals surface area contributed by atoms with Crippen LogP contribution in [-0.4, -0.2) is 235 Å². The number of aliphatic hydroxyl groups excluding tert-OH is 9. The summed E-state index contributed by atoms with van der Waals surface area (Å²) >= 11 is 0. The second-order valence-corrected chi connectivity index (χ2v) is 27.6. The summed E-state index contributed by atoms with van der Waals surface area (Å²) < 4.78 is 84.7. The quantitative estimate of drug-likeness (QED) is 0.0261. The van der Waals surface area contributed by atoms with Crippen molar-refractivity contribution in [1.29, 1.82) is 0 Å². The van der Waals surface area contributed by atoms with E-state index in [-0.39, 0.29) is 12.0 Å². The molecule has 26 unspecified atom stereocenters. The van der Waals surface area contributed by atoms with Crippen molar-refractivity contribution in [3.05, 3.63) is 59.3 Å². The van der Waals surface area contributed by atoms with Crippen molar-refractivity contribution in [3.8, 4) is 0 Å². The maximum atomic E-state index is 13.8. The van der Waals surface area contributed by atoms with Crippen LogP contribution in [0.1, 0.15) is 135 Å². The van der Waals surface area contributed by atoms with Gasteiger partial charge in [-0.15, -0.1) is 0 Å². The van der Waals surface area contributed by atoms with E-state index in [2.05, 4.69) is 65.5 Å². The molecule has 0 radical (unpaired) electrons. The zero-order valence-corrected chi connectivity index (χ0v) is 55.3. The van der Waals surface area contributed by atoms with Gasteiger partial charge in [0.2, 0.25) is 0 Å². The van der Waals surface area contributed by atoms with Gasteiger partial charge >= 0.3 is 7.82 Å². The Hall–Kier alpha value is -2.65. The topological polar surface area (TPSA) is 385 Å². The van der Waals surface area contributed by atoms with Crippen LogP contribution in [0.3, 0.4) is 0 Å². The highest BCUT2D eigenvalue weighted by molar-refractivity contribution is 7.47. The minimum absolute atomic E-state index is 0.00612. The zero-order chi connectivity index (χ0) is 67.3. The van der Waals surface area contributed by atoms with Crippen molar-refractivity contribution in [1.82, 2.24) is 0 Å². The number of carbonyl (C=O) groups excluding carboxylic acids is 2. The molecule has 0 aromatic rings. The van der Waals surface area contributed by atoms with Crippen LogP contribution in [0.4, 0.5) is 0 Å². The SMILES string of the molecule is C=C(C/C=C(\C)CCC=C(C)C)CCC(C)(C)/C=C/CC/C(C)=C\CO[C@@H](C)COP(=O)(O)OC1OC(C)C(C)(O)C(C=O)C1OC1OC(COC2OC(CO)C(O)C(O)C2O)C(OC2OC(C)C(OC3OC(C(C)=O)C(O)C(O)C3O)C(O)C2C)C(O)C1C. The molecule has 0 aliphatic carbocycles. The molecule has 5 fully saturated rings. The maximum absolute atomic E-state index is 13.8. The van der Waals surface area contributed by atoms with E-state index in [0.717, 1.165) is 57.4 Å². The fraction of sp³-hybridized carbons (Fsp3) is 0.810. The molecule has 0 aromatic carbocycles. The fourth-order valence-corrected chi connectivity index (χ4v) is 12.0. The molecule has 26 nitrogen and oxygen atoms in total. The Morgan fingerprint density at radius 3 is 1.90 bits per heavy atom. The first-order chi connectivity index (χ1) is 42.0. The van der Waals surface area contributed by atoms with Crippen LogP contribution in [0.5, 0.6) is 0 Å². The smallest absolute Gasteiger partial charge is 0.394 e. The number of aldehydes is 1. The maximum Gasteiger partial charge on any atom is 0.474 e. The van der Waals surface area contributed by atoms with Crippen LogP contribution in [-0.2, 0) is 70.6 Å². The first-order valence-corrected chi connectivity index (χ1v) is 32.7. The molecule has 5 heterocycles. The first kappa shape index (κ1) is 78.0. The summed E-state index contributed by atoms with van der Waals surface area (Å²) in [5, 5.41) is 109. The van der Waals surface area contributed by atoms with Gasteiger partial charge in [0.25, 0.3) is 0 Å². The van der Waals surface area contributed by atoms with Crippen LogP contribution in [0, 0.1) is 23.2 Å². The van der Waals surface area contributed by atoms with E-state index >= 15 is 0 Å². The Morgan fingerprint density at radius 2 is 1.27 bits per heavy atom. The molecule has 5 aliphatic rings. The average Bonchev–Trinajstić information content (AvgIpc) is 0.827. The van der Waals surface area contributed by atoms with Crippen molar-refractivity contribution < 1.29 is 127 Å². The number of hydrogen-bond acceptors (Lipinski definition) is 25. The molecule has 90 heavy (non-hydrogen) atoms. The summed E-state index contributed by atoms with van der Waals surface area (Å²) in [6.07, 6.45) is -17.0. The number of hydrogen-bond donors (Lipinski definition) is 11. The summed E-state index contributed by atoms with van der Waals surface area (Å²) in [5.74, 6) is -4.47. The van der Waals surface area contributed by atoms with Crippen molar-refractivity contribution in [2.45, 2.75) is 276 Å². The Morgan fingerprint density at radius 1 is 0.689 bits per heavy atom. The number of ketones is 1. The van der Waals surface area contributed by atoms with Gasteiger partial charge in [0, 0.05) is 11.8 Å².